The maximum Gasteiger partial charge on any atom is 1.00 e. The third-order valence-corrected chi connectivity index (χ3v) is 3.31. The maximum atomic E-state index is 13.0. The van der Waals surface area contributed by atoms with E-state index >= 15 is 0 Å². The second-order valence-electron chi connectivity index (χ2n) is 4.27. The molecule has 0 radical (unpaired) electrons. The summed E-state index contributed by atoms with van der Waals surface area (Å²) >= 11 is 0. The molecule has 0 amide bonds. The number of halogens is 2. The Morgan fingerprint density at radius 2 is 1.39 bits per heavy atom. The van der Waals surface area contributed by atoms with Gasteiger partial charge >= 0.3 is 29.6 Å². The van der Waals surface area contributed by atoms with Crippen LogP contribution in [0.25, 0.3) is 0 Å². The molecule has 0 aliphatic carbocycles. The fourth-order valence-corrected chi connectivity index (χ4v) is 2.26. The van der Waals surface area contributed by atoms with E-state index < -0.39 is 22.0 Å². The van der Waals surface area contributed by atoms with Gasteiger partial charge in [0, 0.05) is 0 Å². The number of unbranched alkanes of at least 4 members (excludes halogenated alkanes) is 6. The molecule has 3 nitrogen and oxygen atoms in total. The largest absolute Gasteiger partial charge is 1.00 e. The van der Waals surface area contributed by atoms with Crippen molar-refractivity contribution >= 4 is 10.1 Å². The molecule has 0 spiro atoms. The van der Waals surface area contributed by atoms with E-state index in [2.05, 4.69) is 0 Å². The van der Waals surface area contributed by atoms with Gasteiger partial charge in [-0.3, -0.25) is 4.39 Å². The van der Waals surface area contributed by atoms with Gasteiger partial charge in [-0.25, -0.2) is 12.8 Å². The van der Waals surface area contributed by atoms with Crippen molar-refractivity contribution in [2.45, 2.75) is 57.5 Å². The van der Waals surface area contributed by atoms with Crippen molar-refractivity contribution in [3.63, 3.8) is 0 Å². The molecule has 7 heteroatoms. The molecule has 0 N–H and O–H groups in total. The van der Waals surface area contributed by atoms with Crippen LogP contribution in [0.5, 0.6) is 0 Å². The zero-order valence-corrected chi connectivity index (χ0v) is 13.9. The summed E-state index contributed by atoms with van der Waals surface area (Å²) in [6.45, 7) is -0.271. The van der Waals surface area contributed by atoms with Crippen LogP contribution >= 0.6 is 0 Å². The Morgan fingerprint density at radius 3 is 1.83 bits per heavy atom. The van der Waals surface area contributed by atoms with E-state index in [0.29, 0.717) is 12.8 Å². The van der Waals surface area contributed by atoms with E-state index in [9.17, 15) is 21.8 Å². The number of alkyl halides is 2. The van der Waals surface area contributed by atoms with Gasteiger partial charge in [0.25, 0.3) is 0 Å². The summed E-state index contributed by atoms with van der Waals surface area (Å²) in [6.07, 6.45) is 4.44. The fourth-order valence-electron chi connectivity index (χ4n) is 1.65. The van der Waals surface area contributed by atoms with Crippen LogP contribution in [0.1, 0.15) is 51.4 Å². The van der Waals surface area contributed by atoms with Gasteiger partial charge < -0.3 is 4.55 Å². The van der Waals surface area contributed by atoms with Gasteiger partial charge in [-0.05, 0) is 12.8 Å². The van der Waals surface area contributed by atoms with E-state index in [1.807, 2.05) is 0 Å². The summed E-state index contributed by atoms with van der Waals surface area (Å²) in [4.78, 5) is 0. The van der Waals surface area contributed by atoms with E-state index in [0.717, 1.165) is 32.1 Å². The van der Waals surface area contributed by atoms with Crippen LogP contribution < -0.4 is 29.6 Å². The van der Waals surface area contributed by atoms with Crippen molar-refractivity contribution in [3.8, 4) is 0 Å². The van der Waals surface area contributed by atoms with Gasteiger partial charge in [0.2, 0.25) is 0 Å². The molecule has 0 saturated heterocycles. The summed E-state index contributed by atoms with van der Waals surface area (Å²) in [6, 6.07) is 0. The normalized spacial score (nSPS) is 13.1. The van der Waals surface area contributed by atoms with Gasteiger partial charge in [-0.1, -0.05) is 38.5 Å². The molecular weight excluding hydrogens is 273 g/mol. The van der Waals surface area contributed by atoms with Crippen LogP contribution in [0.3, 0.4) is 0 Å². The van der Waals surface area contributed by atoms with Crippen LogP contribution in [0, 0.1) is 0 Å². The molecule has 0 saturated carbocycles. The minimum Gasteiger partial charge on any atom is -0.748 e. The zero-order valence-electron chi connectivity index (χ0n) is 11.0. The number of rotatable bonds is 11. The molecule has 0 aromatic heterocycles. The quantitative estimate of drug-likeness (QED) is 0.305. The smallest absolute Gasteiger partial charge is 0.748 e. The van der Waals surface area contributed by atoms with Crippen molar-refractivity contribution in [2.24, 2.45) is 0 Å². The first-order valence-corrected chi connectivity index (χ1v) is 7.67. The Labute approximate surface area is 131 Å². The molecule has 0 aromatic carbocycles. The number of hydrogen-bond donors (Lipinski definition) is 0. The van der Waals surface area contributed by atoms with Crippen LogP contribution in [-0.2, 0) is 10.1 Å². The molecular formula is C11H21F2NaO3S. The third kappa shape index (κ3) is 16.8. The molecule has 18 heavy (non-hydrogen) atoms. The minimum atomic E-state index is -4.44. The molecule has 104 valence electrons. The van der Waals surface area contributed by atoms with E-state index in [1.54, 1.807) is 0 Å². The van der Waals surface area contributed by atoms with Gasteiger partial charge in [-0.2, -0.15) is 0 Å². The third-order valence-electron chi connectivity index (χ3n) is 2.54. The summed E-state index contributed by atoms with van der Waals surface area (Å²) < 4.78 is 55.4. The second kappa shape index (κ2) is 12.8. The first-order chi connectivity index (χ1) is 7.95. The van der Waals surface area contributed by atoms with Gasteiger partial charge in [0.05, 0.1) is 22.5 Å². The Balaban J connectivity index is 0. The number of hydrogen-bond acceptors (Lipinski definition) is 3. The molecule has 0 rings (SSSR count). The van der Waals surface area contributed by atoms with Crippen LogP contribution in [0.2, 0.25) is 0 Å². The van der Waals surface area contributed by atoms with Gasteiger partial charge in [0.1, 0.15) is 6.17 Å². The predicted molar refractivity (Wildman–Crippen MR) is 62.4 cm³/mol. The summed E-state index contributed by atoms with van der Waals surface area (Å²) in [7, 11) is -4.44. The molecule has 0 bridgehead atoms. The molecule has 0 heterocycles. The van der Waals surface area contributed by atoms with E-state index in [-0.39, 0.29) is 42.7 Å². The van der Waals surface area contributed by atoms with E-state index in [4.69, 9.17) is 0 Å². The van der Waals surface area contributed by atoms with Gasteiger partial charge in [0.15, 0.2) is 0 Å². The average Bonchev–Trinajstić information content (AvgIpc) is 2.19. The molecule has 0 fully saturated rings. The summed E-state index contributed by atoms with van der Waals surface area (Å²) in [5.74, 6) is -0.913. The van der Waals surface area contributed by atoms with Crippen molar-refractivity contribution in [2.75, 3.05) is 12.4 Å². The fraction of sp³-hybridized carbons (Fsp3) is 1.00. The Kier molecular flexibility index (Phi) is 15.0. The van der Waals surface area contributed by atoms with E-state index in [1.165, 1.54) is 0 Å². The molecule has 1 unspecified atom stereocenters. The SMILES string of the molecule is O=S(=O)([O-])CC(F)CCCCCCCCCF.[Na+]. The van der Waals surface area contributed by atoms with Crippen LogP contribution in [-0.4, -0.2) is 31.6 Å². The van der Waals surface area contributed by atoms with Crippen molar-refractivity contribution in [3.05, 3.63) is 0 Å². The zero-order chi connectivity index (χ0) is 13.1. The van der Waals surface area contributed by atoms with Crippen molar-refractivity contribution in [1.29, 1.82) is 0 Å². The monoisotopic (exact) mass is 294 g/mol. The van der Waals surface area contributed by atoms with Gasteiger partial charge in [-0.15, -0.1) is 0 Å². The second-order valence-corrected chi connectivity index (χ2v) is 5.72. The molecule has 1 atom stereocenters. The first kappa shape index (κ1) is 21.1. The Morgan fingerprint density at radius 1 is 0.944 bits per heavy atom. The van der Waals surface area contributed by atoms with Crippen molar-refractivity contribution in [1.82, 2.24) is 0 Å². The minimum absolute atomic E-state index is 0. The Hall–Kier alpha value is 0.770. The Bertz CT molecular complexity index is 273. The van der Waals surface area contributed by atoms with Crippen LogP contribution in [0.15, 0.2) is 0 Å². The molecule has 0 aliphatic heterocycles. The molecule has 0 aromatic rings. The maximum absolute atomic E-state index is 13.0. The summed E-state index contributed by atoms with van der Waals surface area (Å²) in [5.41, 5.74) is 0. The molecule has 0 aliphatic rings. The summed E-state index contributed by atoms with van der Waals surface area (Å²) in [5, 5.41) is 0. The average molecular weight is 294 g/mol. The van der Waals surface area contributed by atoms with Crippen LogP contribution in [0.4, 0.5) is 8.78 Å². The topological polar surface area (TPSA) is 57.2 Å². The van der Waals surface area contributed by atoms with Crippen molar-refractivity contribution < 1.29 is 51.3 Å². The predicted octanol–water partition coefficient (Wildman–Crippen LogP) is -0.0360. The standard InChI is InChI=1S/C11H22F2O3S.Na/c12-9-7-5-3-1-2-4-6-8-11(13)10-17(14,15)16;/h11H,1-10H2,(H,14,15,16);/q;+1/p-1. The first-order valence-electron chi connectivity index (χ1n) is 6.09.